The molecule has 0 spiro atoms. The fourth-order valence-corrected chi connectivity index (χ4v) is 2.12. The Labute approximate surface area is 155 Å². The Kier molecular flexibility index (Phi) is 7.73. The van der Waals surface area contributed by atoms with Gasteiger partial charge in [0.25, 0.3) is 11.4 Å². The fourth-order valence-electron chi connectivity index (χ4n) is 2.12. The van der Waals surface area contributed by atoms with Crippen LogP contribution in [0.25, 0.3) is 0 Å². The summed E-state index contributed by atoms with van der Waals surface area (Å²) in [6, 6.07) is 12.4. The highest BCUT2D eigenvalue weighted by atomic mass is 16.6. The monoisotopic (exact) mass is 369 g/mol. The Morgan fingerprint density at radius 1 is 0.741 bits per heavy atom. The lowest BCUT2D eigenvalue weighted by Gasteiger charge is -1.99. The molecule has 0 unspecified atom stereocenters. The van der Waals surface area contributed by atoms with Crippen molar-refractivity contribution in [1.29, 1.82) is 0 Å². The number of nitrogens with zero attached hydrogens (tertiary/aromatic N) is 4. The predicted octanol–water partition coefficient (Wildman–Crippen LogP) is 2.63. The quantitative estimate of drug-likeness (QED) is 0.298. The summed E-state index contributed by atoms with van der Waals surface area (Å²) in [5.74, 6) is 0. The van der Waals surface area contributed by atoms with Crippen LogP contribution in [0.15, 0.2) is 58.5 Å². The van der Waals surface area contributed by atoms with Crippen LogP contribution in [-0.2, 0) is 0 Å². The topological polar surface area (TPSA) is 123 Å². The first-order valence-corrected chi connectivity index (χ1v) is 8.25. The molecule has 0 heterocycles. The summed E-state index contributed by atoms with van der Waals surface area (Å²) in [6.45, 7) is 2.55. The SMILES string of the molecule is O=[N+]([O-])c1ccc(C=NCCNCCN=Cc2ccc([N+](=O)[O-])cc2)cc1. The number of nitro groups is 2. The second-order valence-electron chi connectivity index (χ2n) is 5.52. The molecule has 140 valence electrons. The van der Waals surface area contributed by atoms with Gasteiger partial charge in [0.1, 0.15) is 0 Å². The highest BCUT2D eigenvalue weighted by Gasteiger charge is 2.03. The normalized spacial score (nSPS) is 11.3. The van der Waals surface area contributed by atoms with Crippen molar-refractivity contribution in [3.8, 4) is 0 Å². The van der Waals surface area contributed by atoms with Crippen molar-refractivity contribution in [2.45, 2.75) is 0 Å². The average Bonchev–Trinajstić information content (AvgIpc) is 2.67. The molecule has 0 saturated carbocycles. The van der Waals surface area contributed by atoms with E-state index >= 15 is 0 Å². The first kappa shape index (κ1) is 19.9. The first-order chi connectivity index (χ1) is 13.1. The van der Waals surface area contributed by atoms with Gasteiger partial charge in [0, 0.05) is 49.8 Å². The molecule has 0 aliphatic carbocycles. The van der Waals surface area contributed by atoms with Gasteiger partial charge in [-0.15, -0.1) is 0 Å². The Balaban J connectivity index is 1.60. The van der Waals surface area contributed by atoms with Gasteiger partial charge in [-0.1, -0.05) is 0 Å². The molecule has 0 aliphatic rings. The molecule has 9 nitrogen and oxygen atoms in total. The second kappa shape index (κ2) is 10.5. The molecule has 0 amide bonds. The van der Waals surface area contributed by atoms with E-state index in [9.17, 15) is 20.2 Å². The van der Waals surface area contributed by atoms with Crippen molar-refractivity contribution in [2.24, 2.45) is 9.98 Å². The predicted molar refractivity (Wildman–Crippen MR) is 104 cm³/mol. The van der Waals surface area contributed by atoms with Crippen LogP contribution in [-0.4, -0.2) is 48.5 Å². The van der Waals surface area contributed by atoms with E-state index in [0.29, 0.717) is 26.2 Å². The number of hydrogen-bond acceptors (Lipinski definition) is 7. The maximum absolute atomic E-state index is 10.6. The summed E-state index contributed by atoms with van der Waals surface area (Å²) in [5.41, 5.74) is 1.74. The number of non-ortho nitro benzene ring substituents is 2. The summed E-state index contributed by atoms with van der Waals surface area (Å²) in [5, 5.41) is 24.3. The van der Waals surface area contributed by atoms with E-state index in [2.05, 4.69) is 15.3 Å². The minimum atomic E-state index is -0.436. The zero-order valence-corrected chi connectivity index (χ0v) is 14.5. The van der Waals surface area contributed by atoms with Crippen LogP contribution in [0.2, 0.25) is 0 Å². The smallest absolute Gasteiger partial charge is 0.269 e. The molecule has 2 rings (SSSR count). The standard InChI is InChI=1S/C18H19N5O4/c24-22(25)17-5-1-15(2-6-17)13-20-11-9-19-10-12-21-14-16-3-7-18(8-4-16)23(26)27/h1-8,13-14,19H,9-12H2. The van der Waals surface area contributed by atoms with Crippen molar-refractivity contribution in [3.63, 3.8) is 0 Å². The zero-order valence-electron chi connectivity index (χ0n) is 14.5. The molecule has 0 aromatic heterocycles. The molecule has 0 radical (unpaired) electrons. The lowest BCUT2D eigenvalue weighted by Crippen LogP contribution is -2.20. The molecule has 0 saturated heterocycles. The van der Waals surface area contributed by atoms with Crippen LogP contribution in [0.4, 0.5) is 11.4 Å². The first-order valence-electron chi connectivity index (χ1n) is 8.25. The molecule has 0 aliphatic heterocycles. The zero-order chi connectivity index (χ0) is 19.5. The summed E-state index contributed by atoms with van der Waals surface area (Å²) in [7, 11) is 0. The summed E-state index contributed by atoms with van der Waals surface area (Å²) in [4.78, 5) is 28.8. The van der Waals surface area contributed by atoms with Crippen molar-refractivity contribution in [3.05, 3.63) is 79.9 Å². The largest absolute Gasteiger partial charge is 0.313 e. The highest BCUT2D eigenvalue weighted by molar-refractivity contribution is 5.80. The second-order valence-corrected chi connectivity index (χ2v) is 5.52. The van der Waals surface area contributed by atoms with Crippen molar-refractivity contribution in [2.75, 3.05) is 26.2 Å². The third kappa shape index (κ3) is 7.12. The molecular weight excluding hydrogens is 350 g/mol. The van der Waals surface area contributed by atoms with Gasteiger partial charge in [-0.05, 0) is 35.4 Å². The van der Waals surface area contributed by atoms with Gasteiger partial charge in [0.15, 0.2) is 0 Å². The molecule has 9 heteroatoms. The van der Waals surface area contributed by atoms with Crippen molar-refractivity contribution >= 4 is 23.8 Å². The average molecular weight is 369 g/mol. The fraction of sp³-hybridized carbons (Fsp3) is 0.222. The number of aliphatic imine (C=N–C) groups is 2. The van der Waals surface area contributed by atoms with Gasteiger partial charge in [0.05, 0.1) is 22.9 Å². The van der Waals surface area contributed by atoms with E-state index < -0.39 is 9.85 Å². The van der Waals surface area contributed by atoms with Gasteiger partial charge >= 0.3 is 0 Å². The summed E-state index contributed by atoms with van der Waals surface area (Å²) >= 11 is 0. The Bertz CT molecular complexity index is 747. The Morgan fingerprint density at radius 2 is 1.11 bits per heavy atom. The van der Waals surface area contributed by atoms with Gasteiger partial charge in [-0.2, -0.15) is 0 Å². The van der Waals surface area contributed by atoms with E-state index in [1.807, 2.05) is 0 Å². The van der Waals surface area contributed by atoms with Crippen LogP contribution in [0, 0.1) is 20.2 Å². The van der Waals surface area contributed by atoms with Crippen molar-refractivity contribution in [1.82, 2.24) is 5.32 Å². The Hall–Kier alpha value is -3.46. The van der Waals surface area contributed by atoms with Gasteiger partial charge < -0.3 is 5.32 Å². The van der Waals surface area contributed by atoms with Gasteiger partial charge in [-0.3, -0.25) is 30.2 Å². The minimum Gasteiger partial charge on any atom is -0.313 e. The maximum atomic E-state index is 10.6. The molecule has 0 bridgehead atoms. The van der Waals surface area contributed by atoms with E-state index in [0.717, 1.165) is 11.1 Å². The number of hydrogen-bond donors (Lipinski definition) is 1. The number of nitro benzene ring substituents is 2. The third-order valence-electron chi connectivity index (χ3n) is 3.52. The van der Waals surface area contributed by atoms with Crippen LogP contribution >= 0.6 is 0 Å². The number of rotatable bonds is 10. The molecule has 2 aromatic carbocycles. The summed E-state index contributed by atoms with van der Waals surface area (Å²) < 4.78 is 0. The van der Waals surface area contributed by atoms with E-state index in [-0.39, 0.29) is 11.4 Å². The van der Waals surface area contributed by atoms with Gasteiger partial charge in [-0.25, -0.2) is 0 Å². The van der Waals surface area contributed by atoms with Crippen LogP contribution in [0.1, 0.15) is 11.1 Å². The maximum Gasteiger partial charge on any atom is 0.269 e. The van der Waals surface area contributed by atoms with Crippen LogP contribution in [0.5, 0.6) is 0 Å². The lowest BCUT2D eigenvalue weighted by atomic mass is 10.2. The molecule has 2 aromatic rings. The van der Waals surface area contributed by atoms with E-state index in [1.54, 1.807) is 36.7 Å². The van der Waals surface area contributed by atoms with E-state index in [4.69, 9.17) is 0 Å². The van der Waals surface area contributed by atoms with Crippen molar-refractivity contribution < 1.29 is 9.85 Å². The van der Waals surface area contributed by atoms with Gasteiger partial charge in [0.2, 0.25) is 0 Å². The molecule has 27 heavy (non-hydrogen) atoms. The van der Waals surface area contributed by atoms with Crippen LogP contribution in [0.3, 0.4) is 0 Å². The highest BCUT2D eigenvalue weighted by Crippen LogP contribution is 2.11. The minimum absolute atomic E-state index is 0.0584. The van der Waals surface area contributed by atoms with E-state index in [1.165, 1.54) is 24.3 Å². The van der Waals surface area contributed by atoms with Crippen LogP contribution < -0.4 is 5.32 Å². The Morgan fingerprint density at radius 3 is 1.44 bits per heavy atom. The number of nitrogens with one attached hydrogen (secondary N) is 1. The third-order valence-corrected chi connectivity index (χ3v) is 3.52. The number of benzene rings is 2. The molecule has 0 fully saturated rings. The molecule has 1 N–H and O–H groups in total. The summed E-state index contributed by atoms with van der Waals surface area (Å²) in [6.07, 6.45) is 3.36. The lowest BCUT2D eigenvalue weighted by molar-refractivity contribution is -0.385. The molecular formula is C18H19N5O4. The molecule has 0 atom stereocenters.